The van der Waals surface area contributed by atoms with Gasteiger partial charge in [0.15, 0.2) is 0 Å². The van der Waals surface area contributed by atoms with Crippen LogP contribution in [-0.2, 0) is 0 Å². The molecule has 0 fully saturated rings. The third kappa shape index (κ3) is 4.01. The van der Waals surface area contributed by atoms with Crippen LogP contribution in [0.3, 0.4) is 0 Å². The van der Waals surface area contributed by atoms with Gasteiger partial charge in [-0.2, -0.15) is 0 Å². The van der Waals surface area contributed by atoms with E-state index in [0.717, 1.165) is 11.4 Å². The van der Waals surface area contributed by atoms with Gasteiger partial charge in [-0.15, -0.1) is 0 Å². The molecule has 5 nitrogen and oxygen atoms in total. The summed E-state index contributed by atoms with van der Waals surface area (Å²) in [5.41, 5.74) is 2.02. The second-order valence-electron chi connectivity index (χ2n) is 4.88. The number of hydrogen-bond donors (Lipinski definition) is 2. The van der Waals surface area contributed by atoms with Gasteiger partial charge in [0, 0.05) is 18.1 Å². The fraction of sp³-hybridized carbons (Fsp3) is 0. The molecule has 7 heteroatoms. The summed E-state index contributed by atoms with van der Waals surface area (Å²) >= 11 is 11.9. The van der Waals surface area contributed by atoms with E-state index in [-0.39, 0.29) is 5.91 Å². The number of amides is 1. The van der Waals surface area contributed by atoms with E-state index in [1.54, 1.807) is 48.8 Å². The molecule has 2 aromatic heterocycles. The van der Waals surface area contributed by atoms with Crippen LogP contribution in [0.1, 0.15) is 10.4 Å². The van der Waals surface area contributed by atoms with Crippen LogP contribution in [0.5, 0.6) is 0 Å². The average molecular weight is 359 g/mol. The number of rotatable bonds is 4. The molecule has 24 heavy (non-hydrogen) atoms. The lowest BCUT2D eigenvalue weighted by molar-refractivity contribution is 0.102. The third-order valence-corrected chi connectivity index (χ3v) is 3.88. The van der Waals surface area contributed by atoms with Gasteiger partial charge in [-0.1, -0.05) is 23.2 Å². The van der Waals surface area contributed by atoms with E-state index in [1.165, 1.54) is 6.20 Å². The molecule has 2 N–H and O–H groups in total. The second kappa shape index (κ2) is 7.29. The number of nitrogens with zero attached hydrogens (tertiary/aromatic N) is 2. The molecule has 0 aliphatic heterocycles. The lowest BCUT2D eigenvalue weighted by Gasteiger charge is -2.08. The van der Waals surface area contributed by atoms with Crippen LogP contribution < -0.4 is 10.6 Å². The van der Waals surface area contributed by atoms with E-state index in [9.17, 15) is 4.79 Å². The smallest absolute Gasteiger partial charge is 0.258 e. The van der Waals surface area contributed by atoms with Crippen molar-refractivity contribution >= 4 is 46.3 Å². The Morgan fingerprint density at radius 1 is 0.958 bits per heavy atom. The van der Waals surface area contributed by atoms with E-state index in [1.807, 2.05) is 6.07 Å². The zero-order chi connectivity index (χ0) is 16.9. The quantitative estimate of drug-likeness (QED) is 0.704. The summed E-state index contributed by atoms with van der Waals surface area (Å²) in [4.78, 5) is 20.1. The van der Waals surface area contributed by atoms with Gasteiger partial charge in [0.25, 0.3) is 5.91 Å². The SMILES string of the molecule is O=C(Nc1ccc(Nc2ccc(Cl)c(Cl)c2)cn1)c1cccnc1. The van der Waals surface area contributed by atoms with Gasteiger partial charge in [0.1, 0.15) is 5.82 Å². The molecule has 0 atom stereocenters. The minimum Gasteiger partial charge on any atom is -0.354 e. The Bertz CT molecular complexity index is 854. The van der Waals surface area contributed by atoms with Crippen LogP contribution in [0.15, 0.2) is 61.1 Å². The van der Waals surface area contributed by atoms with E-state index >= 15 is 0 Å². The van der Waals surface area contributed by atoms with Gasteiger partial charge >= 0.3 is 0 Å². The number of aromatic nitrogens is 2. The van der Waals surface area contributed by atoms with Crippen LogP contribution >= 0.6 is 23.2 Å². The number of halogens is 2. The number of anilines is 3. The largest absolute Gasteiger partial charge is 0.354 e. The summed E-state index contributed by atoms with van der Waals surface area (Å²) in [5, 5.41) is 6.83. The molecule has 1 aromatic carbocycles. The van der Waals surface area contributed by atoms with Crippen LogP contribution in [-0.4, -0.2) is 15.9 Å². The van der Waals surface area contributed by atoms with Gasteiger partial charge < -0.3 is 10.6 Å². The molecule has 0 aliphatic carbocycles. The number of pyridine rings is 2. The van der Waals surface area contributed by atoms with Crippen molar-refractivity contribution in [1.29, 1.82) is 0 Å². The lowest BCUT2D eigenvalue weighted by Crippen LogP contribution is -2.13. The first kappa shape index (κ1) is 16.2. The van der Waals surface area contributed by atoms with Crippen LogP contribution in [0, 0.1) is 0 Å². The molecule has 120 valence electrons. The molecule has 0 spiro atoms. The van der Waals surface area contributed by atoms with Crippen LogP contribution in [0.2, 0.25) is 10.0 Å². The highest BCUT2D eigenvalue weighted by Gasteiger charge is 2.06. The summed E-state index contributed by atoms with van der Waals surface area (Å²) in [6.07, 6.45) is 4.72. The van der Waals surface area contributed by atoms with Crippen molar-refractivity contribution in [3.63, 3.8) is 0 Å². The van der Waals surface area contributed by atoms with E-state index in [0.29, 0.717) is 21.4 Å². The molecule has 0 aliphatic rings. The Morgan fingerprint density at radius 2 is 1.79 bits per heavy atom. The molecule has 1 amide bonds. The Kier molecular flexibility index (Phi) is 4.93. The van der Waals surface area contributed by atoms with Crippen molar-refractivity contribution in [2.75, 3.05) is 10.6 Å². The van der Waals surface area contributed by atoms with Crippen molar-refractivity contribution in [2.24, 2.45) is 0 Å². The fourth-order valence-corrected chi connectivity index (χ4v) is 2.27. The van der Waals surface area contributed by atoms with Gasteiger partial charge in [0.2, 0.25) is 0 Å². The number of carbonyl (C=O) groups is 1. The summed E-state index contributed by atoms with van der Waals surface area (Å²) in [5.74, 6) is 0.185. The highest BCUT2D eigenvalue weighted by atomic mass is 35.5. The second-order valence-corrected chi connectivity index (χ2v) is 5.70. The van der Waals surface area contributed by atoms with Gasteiger partial charge in [-0.25, -0.2) is 4.98 Å². The molecule has 3 aromatic rings. The molecule has 2 heterocycles. The van der Waals surface area contributed by atoms with Crippen molar-refractivity contribution in [1.82, 2.24) is 9.97 Å². The fourth-order valence-electron chi connectivity index (χ4n) is 1.97. The third-order valence-electron chi connectivity index (χ3n) is 3.14. The average Bonchev–Trinajstić information content (AvgIpc) is 2.61. The van der Waals surface area contributed by atoms with Crippen molar-refractivity contribution < 1.29 is 4.79 Å². The van der Waals surface area contributed by atoms with E-state index in [4.69, 9.17) is 23.2 Å². The van der Waals surface area contributed by atoms with Crippen molar-refractivity contribution in [2.45, 2.75) is 0 Å². The normalized spacial score (nSPS) is 10.2. The van der Waals surface area contributed by atoms with Crippen molar-refractivity contribution in [3.05, 3.63) is 76.7 Å². The predicted octanol–water partition coefficient (Wildman–Crippen LogP) is 4.78. The first-order chi connectivity index (χ1) is 11.6. The molecule has 0 unspecified atom stereocenters. The Labute approximate surface area is 148 Å². The van der Waals surface area contributed by atoms with Gasteiger partial charge in [-0.05, 0) is 42.5 Å². The monoisotopic (exact) mass is 358 g/mol. The molecule has 0 saturated carbocycles. The summed E-state index contributed by atoms with van der Waals surface area (Å²) < 4.78 is 0. The van der Waals surface area contributed by atoms with E-state index < -0.39 is 0 Å². The zero-order valence-electron chi connectivity index (χ0n) is 12.3. The van der Waals surface area contributed by atoms with E-state index in [2.05, 4.69) is 20.6 Å². The minimum atomic E-state index is -0.263. The predicted molar refractivity (Wildman–Crippen MR) is 96.2 cm³/mol. The topological polar surface area (TPSA) is 66.9 Å². The number of benzene rings is 1. The van der Waals surface area contributed by atoms with Crippen LogP contribution in [0.4, 0.5) is 17.2 Å². The molecular weight excluding hydrogens is 347 g/mol. The molecule has 0 radical (unpaired) electrons. The number of carbonyl (C=O) groups excluding carboxylic acids is 1. The van der Waals surface area contributed by atoms with Gasteiger partial charge in [0.05, 0.1) is 27.5 Å². The minimum absolute atomic E-state index is 0.263. The first-order valence-corrected chi connectivity index (χ1v) is 7.77. The zero-order valence-corrected chi connectivity index (χ0v) is 13.8. The molecule has 3 rings (SSSR count). The Morgan fingerprint density at radius 3 is 2.46 bits per heavy atom. The maximum Gasteiger partial charge on any atom is 0.258 e. The maximum atomic E-state index is 12.0. The Hall–Kier alpha value is -2.63. The number of nitrogens with one attached hydrogen (secondary N) is 2. The standard InChI is InChI=1S/C17H12Cl2N4O/c18-14-5-3-12(8-15(14)19)22-13-4-6-16(21-10-13)23-17(24)11-2-1-7-20-9-11/h1-10,22H,(H,21,23,24). The van der Waals surface area contributed by atoms with Crippen LogP contribution in [0.25, 0.3) is 0 Å². The maximum absolute atomic E-state index is 12.0. The summed E-state index contributed by atoms with van der Waals surface area (Å²) in [7, 11) is 0. The highest BCUT2D eigenvalue weighted by molar-refractivity contribution is 6.42. The molecular formula is C17H12Cl2N4O. The summed E-state index contributed by atoms with van der Waals surface area (Å²) in [6.45, 7) is 0. The summed E-state index contributed by atoms with van der Waals surface area (Å²) in [6, 6.07) is 12.1. The highest BCUT2D eigenvalue weighted by Crippen LogP contribution is 2.27. The molecule has 0 bridgehead atoms. The number of hydrogen-bond acceptors (Lipinski definition) is 4. The van der Waals surface area contributed by atoms with Crippen molar-refractivity contribution in [3.8, 4) is 0 Å². The lowest BCUT2D eigenvalue weighted by atomic mass is 10.2. The van der Waals surface area contributed by atoms with Gasteiger partial charge in [-0.3, -0.25) is 9.78 Å². The molecule has 0 saturated heterocycles. The Balaban J connectivity index is 1.67. The first-order valence-electron chi connectivity index (χ1n) is 7.01.